The van der Waals surface area contributed by atoms with Gasteiger partial charge in [-0.25, -0.2) is 0 Å². The van der Waals surface area contributed by atoms with Crippen molar-refractivity contribution in [3.05, 3.63) is 59.7 Å². The topological polar surface area (TPSA) is 88.4 Å². The molecule has 0 spiro atoms. The monoisotopic (exact) mass is 338 g/mol. The van der Waals surface area contributed by atoms with E-state index in [9.17, 15) is 9.59 Å². The molecule has 128 valence electrons. The fraction of sp³-hybridized carbons (Fsp3) is 0.211. The molecule has 25 heavy (non-hydrogen) atoms. The average Bonchev–Trinajstić information content (AvgIpc) is 2.62. The maximum absolute atomic E-state index is 12.1. The van der Waals surface area contributed by atoms with Crippen LogP contribution in [-0.4, -0.2) is 25.1 Å². The Morgan fingerprint density at radius 3 is 2.32 bits per heavy atom. The number of nitrogens with zero attached hydrogens (tertiary/aromatic N) is 1. The summed E-state index contributed by atoms with van der Waals surface area (Å²) in [6.07, 6.45) is -0.861. The zero-order valence-corrected chi connectivity index (χ0v) is 14.0. The fourth-order valence-corrected chi connectivity index (χ4v) is 2.07. The number of nitrogens with one attached hydrogen (secondary N) is 1. The molecular formula is C19H18N2O4. The Balaban J connectivity index is 1.86. The van der Waals surface area contributed by atoms with E-state index in [4.69, 9.17) is 14.7 Å². The summed E-state index contributed by atoms with van der Waals surface area (Å²) in [5, 5.41) is 11.4. The van der Waals surface area contributed by atoms with Crippen molar-refractivity contribution in [3.8, 4) is 11.8 Å². The molecule has 0 fully saturated rings. The van der Waals surface area contributed by atoms with Crippen molar-refractivity contribution < 1.29 is 19.1 Å². The van der Waals surface area contributed by atoms with Gasteiger partial charge in [0.15, 0.2) is 6.10 Å². The highest BCUT2D eigenvalue weighted by molar-refractivity contribution is 5.95. The number of anilines is 1. The lowest BCUT2D eigenvalue weighted by Gasteiger charge is -2.13. The molecule has 2 aromatic rings. The third-order valence-corrected chi connectivity index (χ3v) is 3.47. The Labute approximate surface area is 146 Å². The van der Waals surface area contributed by atoms with Gasteiger partial charge in [-0.3, -0.25) is 9.59 Å². The van der Waals surface area contributed by atoms with Gasteiger partial charge in [0.25, 0.3) is 5.91 Å². The molecule has 0 saturated carbocycles. The standard InChI is InChI=1S/C19H18N2O4/c1-13(19(23)21-16-7-3-15(12-20)4-8-16)25-18(22)11-14-5-9-17(24-2)10-6-14/h3-10,13H,11H2,1-2H3,(H,21,23)/t13-/m1/s1. The largest absolute Gasteiger partial charge is 0.497 e. The first kappa shape index (κ1) is 18.0. The summed E-state index contributed by atoms with van der Waals surface area (Å²) < 4.78 is 10.2. The number of carbonyl (C=O) groups excluding carboxylic acids is 2. The van der Waals surface area contributed by atoms with Crippen LogP contribution in [0, 0.1) is 11.3 Å². The van der Waals surface area contributed by atoms with E-state index < -0.39 is 18.0 Å². The predicted octanol–water partition coefficient (Wildman–Crippen LogP) is 2.68. The predicted molar refractivity (Wildman–Crippen MR) is 92.0 cm³/mol. The van der Waals surface area contributed by atoms with Gasteiger partial charge in [-0.15, -0.1) is 0 Å². The van der Waals surface area contributed by atoms with Gasteiger partial charge >= 0.3 is 5.97 Å². The van der Waals surface area contributed by atoms with E-state index in [-0.39, 0.29) is 6.42 Å². The van der Waals surface area contributed by atoms with Crippen molar-refractivity contribution in [2.75, 3.05) is 12.4 Å². The Hall–Kier alpha value is -3.33. The summed E-state index contributed by atoms with van der Waals surface area (Å²) in [5.74, 6) is -0.229. The Morgan fingerprint density at radius 2 is 1.76 bits per heavy atom. The lowest BCUT2D eigenvalue weighted by Crippen LogP contribution is -2.30. The molecule has 0 unspecified atom stereocenters. The van der Waals surface area contributed by atoms with E-state index in [1.54, 1.807) is 55.6 Å². The maximum Gasteiger partial charge on any atom is 0.311 e. The smallest absolute Gasteiger partial charge is 0.311 e. The first-order valence-corrected chi connectivity index (χ1v) is 7.65. The zero-order chi connectivity index (χ0) is 18.2. The van der Waals surface area contributed by atoms with Crippen LogP contribution in [0.5, 0.6) is 5.75 Å². The number of carbonyl (C=O) groups is 2. The highest BCUT2D eigenvalue weighted by Crippen LogP contribution is 2.13. The molecule has 2 rings (SSSR count). The van der Waals surface area contributed by atoms with Crippen LogP contribution < -0.4 is 10.1 Å². The van der Waals surface area contributed by atoms with E-state index in [2.05, 4.69) is 5.32 Å². The summed E-state index contributed by atoms with van der Waals surface area (Å²) in [4.78, 5) is 24.0. The second-order valence-corrected chi connectivity index (χ2v) is 5.34. The quantitative estimate of drug-likeness (QED) is 0.818. The summed E-state index contributed by atoms with van der Waals surface area (Å²) in [7, 11) is 1.57. The molecule has 0 aliphatic rings. The zero-order valence-electron chi connectivity index (χ0n) is 14.0. The lowest BCUT2D eigenvalue weighted by molar-refractivity contribution is -0.152. The second kappa shape index (κ2) is 8.50. The van der Waals surface area contributed by atoms with Gasteiger partial charge in [-0.1, -0.05) is 12.1 Å². The van der Waals surface area contributed by atoms with Gasteiger partial charge in [-0.2, -0.15) is 5.26 Å². The maximum atomic E-state index is 12.1. The summed E-state index contributed by atoms with van der Waals surface area (Å²) in [5.41, 5.74) is 1.80. The highest BCUT2D eigenvalue weighted by Gasteiger charge is 2.18. The number of amides is 1. The van der Waals surface area contributed by atoms with Gasteiger partial charge in [0, 0.05) is 5.69 Å². The van der Waals surface area contributed by atoms with Crippen LogP contribution in [0.1, 0.15) is 18.1 Å². The van der Waals surface area contributed by atoms with E-state index in [1.165, 1.54) is 6.92 Å². The molecular weight excluding hydrogens is 320 g/mol. The van der Waals surface area contributed by atoms with E-state index in [0.717, 1.165) is 5.56 Å². The van der Waals surface area contributed by atoms with E-state index in [0.29, 0.717) is 17.0 Å². The van der Waals surface area contributed by atoms with Crippen LogP contribution in [-0.2, 0) is 20.7 Å². The number of nitriles is 1. The molecule has 1 amide bonds. The molecule has 1 atom stereocenters. The van der Waals surface area contributed by atoms with Crippen LogP contribution in [0.3, 0.4) is 0 Å². The number of methoxy groups -OCH3 is 1. The molecule has 0 bridgehead atoms. The van der Waals surface area contributed by atoms with Crippen molar-refractivity contribution >= 4 is 17.6 Å². The van der Waals surface area contributed by atoms with Crippen molar-refractivity contribution in [2.45, 2.75) is 19.4 Å². The number of ether oxygens (including phenoxy) is 2. The highest BCUT2D eigenvalue weighted by atomic mass is 16.5. The van der Waals surface area contributed by atoms with Gasteiger partial charge in [0.1, 0.15) is 5.75 Å². The lowest BCUT2D eigenvalue weighted by atomic mass is 10.1. The first-order chi connectivity index (χ1) is 12.0. The second-order valence-electron chi connectivity index (χ2n) is 5.34. The summed E-state index contributed by atoms with van der Waals surface area (Å²) >= 11 is 0. The van der Waals surface area contributed by atoms with Gasteiger partial charge < -0.3 is 14.8 Å². The molecule has 6 nitrogen and oxygen atoms in total. The number of benzene rings is 2. The Morgan fingerprint density at radius 1 is 1.12 bits per heavy atom. The van der Waals surface area contributed by atoms with Crippen molar-refractivity contribution in [3.63, 3.8) is 0 Å². The van der Waals surface area contributed by atoms with Gasteiger partial charge in [0.2, 0.25) is 0 Å². The molecule has 0 heterocycles. The van der Waals surface area contributed by atoms with Crippen LogP contribution >= 0.6 is 0 Å². The summed E-state index contributed by atoms with van der Waals surface area (Å²) in [6.45, 7) is 1.50. The number of hydrogen-bond donors (Lipinski definition) is 1. The molecule has 6 heteroatoms. The molecule has 0 radical (unpaired) electrons. The third kappa shape index (κ3) is 5.36. The Kier molecular flexibility index (Phi) is 6.13. The van der Waals surface area contributed by atoms with Crippen molar-refractivity contribution in [1.82, 2.24) is 0 Å². The Bertz CT molecular complexity index is 777. The van der Waals surface area contributed by atoms with E-state index in [1.807, 2.05) is 6.07 Å². The number of hydrogen-bond acceptors (Lipinski definition) is 5. The SMILES string of the molecule is COc1ccc(CC(=O)O[C@H](C)C(=O)Nc2ccc(C#N)cc2)cc1. The molecule has 0 aliphatic heterocycles. The van der Waals surface area contributed by atoms with Crippen molar-refractivity contribution in [2.24, 2.45) is 0 Å². The minimum absolute atomic E-state index is 0.0679. The summed E-state index contributed by atoms with van der Waals surface area (Å²) in [6, 6.07) is 15.4. The first-order valence-electron chi connectivity index (χ1n) is 7.65. The van der Waals surface area contributed by atoms with Crippen LogP contribution in [0.25, 0.3) is 0 Å². The third-order valence-electron chi connectivity index (χ3n) is 3.47. The van der Waals surface area contributed by atoms with Gasteiger partial charge in [-0.05, 0) is 48.9 Å². The van der Waals surface area contributed by atoms with Crippen LogP contribution in [0.15, 0.2) is 48.5 Å². The fourth-order valence-electron chi connectivity index (χ4n) is 2.07. The number of rotatable bonds is 6. The van der Waals surface area contributed by atoms with Crippen LogP contribution in [0.2, 0.25) is 0 Å². The minimum Gasteiger partial charge on any atom is -0.497 e. The molecule has 0 saturated heterocycles. The molecule has 0 aromatic heterocycles. The minimum atomic E-state index is -0.929. The van der Waals surface area contributed by atoms with E-state index >= 15 is 0 Å². The normalized spacial score (nSPS) is 11.1. The average molecular weight is 338 g/mol. The number of esters is 1. The molecule has 2 aromatic carbocycles. The molecule has 0 aliphatic carbocycles. The molecule has 1 N–H and O–H groups in total. The van der Waals surface area contributed by atoms with Crippen LogP contribution in [0.4, 0.5) is 5.69 Å². The van der Waals surface area contributed by atoms with Crippen molar-refractivity contribution in [1.29, 1.82) is 5.26 Å². The van der Waals surface area contributed by atoms with Gasteiger partial charge in [0.05, 0.1) is 25.2 Å².